The topological polar surface area (TPSA) is 64.6 Å². The molecule has 5 nitrogen and oxygen atoms in total. The molecular formula is C11H22ClNO4. The Morgan fingerprint density at radius 2 is 1.82 bits per heavy atom. The average Bonchev–Trinajstić information content (AvgIpc) is 2.15. The third-order valence-electron chi connectivity index (χ3n) is 1.89. The second kappa shape index (κ2) is 8.31. The smallest absolute Gasteiger partial charge is 0.322 e. The van der Waals surface area contributed by atoms with Crippen LogP contribution in [-0.4, -0.2) is 37.7 Å². The first-order valence-corrected chi connectivity index (χ1v) is 5.27. The molecule has 17 heavy (non-hydrogen) atoms. The molecule has 0 aromatic carbocycles. The predicted molar refractivity (Wildman–Crippen MR) is 67.2 cm³/mol. The Bertz CT molecular complexity index is 250. The van der Waals surface area contributed by atoms with E-state index in [1.807, 2.05) is 0 Å². The van der Waals surface area contributed by atoms with Gasteiger partial charge in [-0.1, -0.05) is 0 Å². The SMILES string of the molecule is CN[C@H](CCC(=O)OC(C)(C)C)C(=O)OC.Cl. The zero-order valence-corrected chi connectivity index (χ0v) is 11.8. The second-order valence-electron chi connectivity index (χ2n) is 4.49. The van der Waals surface area contributed by atoms with Crippen LogP contribution in [-0.2, 0) is 19.1 Å². The summed E-state index contributed by atoms with van der Waals surface area (Å²) in [7, 11) is 2.97. The van der Waals surface area contributed by atoms with Gasteiger partial charge in [-0.15, -0.1) is 12.4 Å². The highest BCUT2D eigenvalue weighted by molar-refractivity contribution is 5.85. The molecule has 0 aliphatic rings. The van der Waals surface area contributed by atoms with Gasteiger partial charge in [-0.2, -0.15) is 0 Å². The zero-order valence-electron chi connectivity index (χ0n) is 11.0. The number of halogens is 1. The summed E-state index contributed by atoms with van der Waals surface area (Å²) < 4.78 is 9.71. The summed E-state index contributed by atoms with van der Waals surface area (Å²) in [6.07, 6.45) is 0.565. The number of methoxy groups -OCH3 is 1. The van der Waals surface area contributed by atoms with E-state index in [-0.39, 0.29) is 30.8 Å². The minimum Gasteiger partial charge on any atom is -0.468 e. The van der Waals surface area contributed by atoms with Gasteiger partial charge in [0, 0.05) is 6.42 Å². The Morgan fingerprint density at radius 3 is 2.18 bits per heavy atom. The van der Waals surface area contributed by atoms with Crippen molar-refractivity contribution in [2.75, 3.05) is 14.2 Å². The van der Waals surface area contributed by atoms with Gasteiger partial charge in [0.2, 0.25) is 0 Å². The molecule has 0 saturated carbocycles. The molecule has 0 aromatic heterocycles. The average molecular weight is 268 g/mol. The molecule has 0 aliphatic carbocycles. The van der Waals surface area contributed by atoms with Crippen molar-refractivity contribution in [2.45, 2.75) is 45.3 Å². The molecular weight excluding hydrogens is 246 g/mol. The number of ether oxygens (including phenoxy) is 2. The van der Waals surface area contributed by atoms with E-state index in [2.05, 4.69) is 10.1 Å². The highest BCUT2D eigenvalue weighted by Gasteiger charge is 2.21. The van der Waals surface area contributed by atoms with Crippen LogP contribution in [0.3, 0.4) is 0 Å². The Hall–Kier alpha value is -0.810. The lowest BCUT2D eigenvalue weighted by atomic mass is 10.1. The van der Waals surface area contributed by atoms with Crippen molar-refractivity contribution >= 4 is 24.3 Å². The number of hydrogen-bond acceptors (Lipinski definition) is 5. The highest BCUT2D eigenvalue weighted by Crippen LogP contribution is 2.10. The molecule has 102 valence electrons. The molecule has 6 heteroatoms. The number of likely N-dealkylation sites (N-methyl/N-ethyl adjacent to an activating group) is 1. The van der Waals surface area contributed by atoms with E-state index in [0.717, 1.165) is 0 Å². The lowest BCUT2D eigenvalue weighted by molar-refractivity contribution is -0.155. The molecule has 0 rings (SSSR count). The number of nitrogens with one attached hydrogen (secondary N) is 1. The van der Waals surface area contributed by atoms with Crippen LogP contribution < -0.4 is 5.32 Å². The van der Waals surface area contributed by atoms with Crippen LogP contribution in [0.25, 0.3) is 0 Å². The van der Waals surface area contributed by atoms with Crippen LogP contribution in [0.5, 0.6) is 0 Å². The summed E-state index contributed by atoms with van der Waals surface area (Å²) in [6, 6.07) is -0.461. The largest absolute Gasteiger partial charge is 0.468 e. The van der Waals surface area contributed by atoms with Crippen LogP contribution >= 0.6 is 12.4 Å². The number of carbonyl (C=O) groups excluding carboxylic acids is 2. The predicted octanol–water partition coefficient (Wildman–Crippen LogP) is 1.29. The standard InChI is InChI=1S/C11H21NO4.ClH/c1-11(2,3)16-9(13)7-6-8(12-4)10(14)15-5;/h8,12H,6-7H2,1-5H3;1H/t8-;/m1./s1. The van der Waals surface area contributed by atoms with Crippen molar-refractivity contribution in [3.8, 4) is 0 Å². The van der Waals surface area contributed by atoms with Crippen LogP contribution in [0.2, 0.25) is 0 Å². The Balaban J connectivity index is 0. The summed E-state index contributed by atoms with van der Waals surface area (Å²) in [5, 5.41) is 2.79. The van der Waals surface area contributed by atoms with Crippen LogP contribution in [0.1, 0.15) is 33.6 Å². The van der Waals surface area contributed by atoms with Crippen molar-refractivity contribution in [1.29, 1.82) is 0 Å². The maximum absolute atomic E-state index is 11.4. The number of hydrogen-bond donors (Lipinski definition) is 1. The molecule has 0 radical (unpaired) electrons. The number of esters is 2. The lowest BCUT2D eigenvalue weighted by Crippen LogP contribution is -2.36. The fourth-order valence-corrected chi connectivity index (χ4v) is 1.18. The maximum atomic E-state index is 11.4. The van der Waals surface area contributed by atoms with Crippen LogP contribution in [0.15, 0.2) is 0 Å². The van der Waals surface area contributed by atoms with Crippen LogP contribution in [0.4, 0.5) is 0 Å². The fraction of sp³-hybridized carbons (Fsp3) is 0.818. The van der Waals surface area contributed by atoms with Gasteiger partial charge in [-0.05, 0) is 34.2 Å². The third-order valence-corrected chi connectivity index (χ3v) is 1.89. The third kappa shape index (κ3) is 8.94. The van der Waals surface area contributed by atoms with Gasteiger partial charge in [0.15, 0.2) is 0 Å². The first kappa shape index (κ1) is 18.6. The molecule has 1 N–H and O–H groups in total. The lowest BCUT2D eigenvalue weighted by Gasteiger charge is -2.20. The summed E-state index contributed by atoms with van der Waals surface area (Å²) in [6.45, 7) is 5.42. The molecule has 0 heterocycles. The maximum Gasteiger partial charge on any atom is 0.322 e. The second-order valence-corrected chi connectivity index (χ2v) is 4.49. The van der Waals surface area contributed by atoms with Gasteiger partial charge >= 0.3 is 11.9 Å². The van der Waals surface area contributed by atoms with E-state index < -0.39 is 11.6 Å². The molecule has 0 amide bonds. The van der Waals surface area contributed by atoms with Gasteiger partial charge in [0.25, 0.3) is 0 Å². The van der Waals surface area contributed by atoms with Crippen molar-refractivity contribution in [3.63, 3.8) is 0 Å². The summed E-state index contributed by atoms with van der Waals surface area (Å²) >= 11 is 0. The highest BCUT2D eigenvalue weighted by atomic mass is 35.5. The van der Waals surface area contributed by atoms with Gasteiger partial charge in [0.1, 0.15) is 11.6 Å². The van der Waals surface area contributed by atoms with E-state index in [1.54, 1.807) is 27.8 Å². The van der Waals surface area contributed by atoms with E-state index >= 15 is 0 Å². The molecule has 0 aliphatic heterocycles. The molecule has 0 aromatic rings. The summed E-state index contributed by atoms with van der Waals surface area (Å²) in [5.74, 6) is -0.678. The molecule has 0 bridgehead atoms. The molecule has 0 fully saturated rings. The number of carbonyl (C=O) groups is 2. The minimum absolute atomic E-state index is 0. The first-order chi connectivity index (χ1) is 7.30. The monoisotopic (exact) mass is 267 g/mol. The van der Waals surface area contributed by atoms with Crippen LogP contribution in [0, 0.1) is 0 Å². The first-order valence-electron chi connectivity index (χ1n) is 5.27. The minimum atomic E-state index is -0.489. The molecule has 1 atom stereocenters. The van der Waals surface area contributed by atoms with Gasteiger partial charge in [-0.25, -0.2) is 0 Å². The Labute approximate surface area is 109 Å². The van der Waals surface area contributed by atoms with E-state index in [4.69, 9.17) is 4.74 Å². The summed E-state index contributed by atoms with van der Waals surface area (Å²) in [5.41, 5.74) is -0.489. The summed E-state index contributed by atoms with van der Waals surface area (Å²) in [4.78, 5) is 22.6. The van der Waals surface area contributed by atoms with Crippen molar-refractivity contribution in [3.05, 3.63) is 0 Å². The zero-order chi connectivity index (χ0) is 12.8. The fourth-order valence-electron chi connectivity index (χ4n) is 1.18. The number of rotatable bonds is 5. The van der Waals surface area contributed by atoms with Crippen molar-refractivity contribution in [1.82, 2.24) is 5.32 Å². The Kier molecular flexibility index (Phi) is 9.06. The van der Waals surface area contributed by atoms with Gasteiger partial charge in [0.05, 0.1) is 7.11 Å². The van der Waals surface area contributed by atoms with E-state index in [0.29, 0.717) is 6.42 Å². The van der Waals surface area contributed by atoms with E-state index in [1.165, 1.54) is 7.11 Å². The van der Waals surface area contributed by atoms with Gasteiger partial charge < -0.3 is 14.8 Å². The molecule has 0 unspecified atom stereocenters. The molecule has 0 saturated heterocycles. The normalized spacial score (nSPS) is 12.3. The van der Waals surface area contributed by atoms with Crippen molar-refractivity contribution in [2.24, 2.45) is 0 Å². The van der Waals surface area contributed by atoms with Gasteiger partial charge in [-0.3, -0.25) is 9.59 Å². The van der Waals surface area contributed by atoms with Crippen molar-refractivity contribution < 1.29 is 19.1 Å². The van der Waals surface area contributed by atoms with E-state index in [9.17, 15) is 9.59 Å². The molecule has 0 spiro atoms. The quantitative estimate of drug-likeness (QED) is 0.761. The Morgan fingerprint density at radius 1 is 1.29 bits per heavy atom.